The molecule has 2 aromatic rings. The number of carbonyl (C=O) groups excluding carboxylic acids is 3. The van der Waals surface area contributed by atoms with Gasteiger partial charge in [0.15, 0.2) is 0 Å². The number of aryl methyl sites for hydroxylation is 1. The lowest BCUT2D eigenvalue weighted by Gasteiger charge is -2.12. The van der Waals surface area contributed by atoms with Crippen LogP contribution in [0.25, 0.3) is 12.2 Å². The molecule has 1 aliphatic rings. The van der Waals surface area contributed by atoms with Crippen molar-refractivity contribution in [3.8, 4) is 0 Å². The number of allylic oxidation sites excluding steroid dienone is 3. The fraction of sp³-hybridized carbons (Fsp3) is 0.160. The quantitative estimate of drug-likeness (QED) is 0.442. The van der Waals surface area contributed by atoms with Crippen LogP contribution in [0.5, 0.6) is 0 Å². The maximum Gasteiger partial charge on any atom is 0.293 e. The molecule has 3 rings (SSSR count). The van der Waals surface area contributed by atoms with Gasteiger partial charge in [0.2, 0.25) is 0 Å². The fourth-order valence-electron chi connectivity index (χ4n) is 3.13. The van der Waals surface area contributed by atoms with Gasteiger partial charge in [0.1, 0.15) is 6.29 Å². The summed E-state index contributed by atoms with van der Waals surface area (Å²) in [5.74, 6) is -0.260. The van der Waals surface area contributed by atoms with Crippen LogP contribution in [0, 0.1) is 6.92 Å². The molecule has 4 nitrogen and oxygen atoms in total. The highest BCUT2D eigenvalue weighted by Crippen LogP contribution is 2.33. The average Bonchev–Trinajstić information content (AvgIpc) is 2.96. The number of nitrogens with zero attached hydrogens (tertiary/aromatic N) is 1. The van der Waals surface area contributed by atoms with Gasteiger partial charge >= 0.3 is 0 Å². The smallest absolute Gasteiger partial charge is 0.293 e. The molecule has 0 radical (unpaired) electrons. The van der Waals surface area contributed by atoms with Crippen LogP contribution in [0.3, 0.4) is 0 Å². The van der Waals surface area contributed by atoms with Crippen molar-refractivity contribution in [2.45, 2.75) is 27.3 Å². The molecule has 0 bridgehead atoms. The zero-order chi connectivity index (χ0) is 21.7. The predicted octanol–water partition coefficient (Wildman–Crippen LogP) is 5.78. The fourth-order valence-corrected chi connectivity index (χ4v) is 4.01. The Morgan fingerprint density at radius 1 is 0.967 bits per heavy atom. The molecule has 0 aliphatic carbocycles. The van der Waals surface area contributed by atoms with Crippen LogP contribution in [0.4, 0.5) is 4.79 Å². The number of rotatable bonds is 6. The maximum absolute atomic E-state index is 12.7. The van der Waals surface area contributed by atoms with Gasteiger partial charge in [-0.2, -0.15) is 0 Å². The van der Waals surface area contributed by atoms with Gasteiger partial charge < -0.3 is 0 Å². The first-order chi connectivity index (χ1) is 14.4. The van der Waals surface area contributed by atoms with E-state index in [1.165, 1.54) is 4.90 Å². The van der Waals surface area contributed by atoms with E-state index in [0.29, 0.717) is 10.5 Å². The zero-order valence-corrected chi connectivity index (χ0v) is 18.0. The van der Waals surface area contributed by atoms with Crippen LogP contribution in [-0.4, -0.2) is 22.3 Å². The summed E-state index contributed by atoms with van der Waals surface area (Å²) in [5, 5.41) is -0.248. The summed E-state index contributed by atoms with van der Waals surface area (Å²) in [6.07, 6.45) is 6.35. The molecule has 0 saturated carbocycles. The number of hydrogen-bond donors (Lipinski definition) is 0. The number of carbonyl (C=O) groups is 3. The second kappa shape index (κ2) is 9.55. The predicted molar refractivity (Wildman–Crippen MR) is 123 cm³/mol. The molecule has 0 aromatic heterocycles. The van der Waals surface area contributed by atoms with Crippen molar-refractivity contribution < 1.29 is 14.4 Å². The Hall–Kier alpha value is -3.18. The van der Waals surface area contributed by atoms with E-state index in [1.54, 1.807) is 13.0 Å². The van der Waals surface area contributed by atoms with Gasteiger partial charge in [-0.15, -0.1) is 0 Å². The molecule has 2 aromatic carbocycles. The first-order valence-corrected chi connectivity index (χ1v) is 10.4. The van der Waals surface area contributed by atoms with Crippen molar-refractivity contribution in [2.75, 3.05) is 0 Å². The minimum absolute atomic E-state index is 0.248. The molecule has 1 heterocycles. The van der Waals surface area contributed by atoms with Gasteiger partial charge in [0.25, 0.3) is 11.1 Å². The Balaban J connectivity index is 1.73. The molecule has 1 saturated heterocycles. The number of hydrogen-bond acceptors (Lipinski definition) is 4. The van der Waals surface area contributed by atoms with E-state index in [4.69, 9.17) is 0 Å². The highest BCUT2D eigenvalue weighted by atomic mass is 32.2. The molecular formula is C25H23NO3S. The number of amides is 2. The monoisotopic (exact) mass is 417 g/mol. The third-order valence-corrected chi connectivity index (χ3v) is 5.47. The lowest BCUT2D eigenvalue weighted by molar-refractivity contribution is -0.123. The van der Waals surface area contributed by atoms with Crippen LogP contribution >= 0.6 is 11.8 Å². The highest BCUT2D eigenvalue weighted by molar-refractivity contribution is 8.18. The van der Waals surface area contributed by atoms with Crippen LogP contribution in [0.15, 0.2) is 70.7 Å². The van der Waals surface area contributed by atoms with Crippen LogP contribution in [0.2, 0.25) is 0 Å². The summed E-state index contributed by atoms with van der Waals surface area (Å²) in [5.41, 5.74) is 5.50. The third kappa shape index (κ3) is 5.45. The number of thioether (sulfide) groups is 1. The molecule has 5 heteroatoms. The second-order valence-electron chi connectivity index (χ2n) is 7.32. The Morgan fingerprint density at radius 3 is 2.20 bits per heavy atom. The number of aldehydes is 1. The van der Waals surface area contributed by atoms with E-state index in [-0.39, 0.29) is 17.7 Å². The molecule has 1 fully saturated rings. The first-order valence-electron chi connectivity index (χ1n) is 9.58. The van der Waals surface area contributed by atoms with E-state index in [2.05, 4.69) is 0 Å². The molecule has 0 unspecified atom stereocenters. The zero-order valence-electron chi connectivity index (χ0n) is 17.2. The van der Waals surface area contributed by atoms with Gasteiger partial charge in [-0.3, -0.25) is 19.3 Å². The molecule has 2 amide bonds. The van der Waals surface area contributed by atoms with E-state index in [1.807, 2.05) is 74.5 Å². The summed E-state index contributed by atoms with van der Waals surface area (Å²) in [7, 11) is 0. The largest absolute Gasteiger partial charge is 0.298 e. The molecule has 152 valence electrons. The molecule has 0 atom stereocenters. The van der Waals surface area contributed by atoms with Gasteiger partial charge in [-0.25, -0.2) is 0 Å². The SMILES string of the molecule is C/C(C=O)=C\c1ccc(/C=C(C)/C=C2\SC(=O)N(Cc3cccc(C)c3)C2=O)cc1. The minimum Gasteiger partial charge on any atom is -0.298 e. The lowest BCUT2D eigenvalue weighted by Crippen LogP contribution is -2.27. The first kappa shape index (κ1) is 21.5. The lowest BCUT2D eigenvalue weighted by atomic mass is 10.1. The Labute approximate surface area is 181 Å². The van der Waals surface area contributed by atoms with E-state index in [0.717, 1.165) is 45.9 Å². The molecule has 30 heavy (non-hydrogen) atoms. The van der Waals surface area contributed by atoms with Crippen LogP contribution in [0.1, 0.15) is 36.1 Å². The number of imide groups is 1. The summed E-state index contributed by atoms with van der Waals surface area (Å²) >= 11 is 0.973. The van der Waals surface area contributed by atoms with Gasteiger partial charge in [0.05, 0.1) is 11.4 Å². The summed E-state index contributed by atoms with van der Waals surface area (Å²) in [6, 6.07) is 15.6. The summed E-state index contributed by atoms with van der Waals surface area (Å²) < 4.78 is 0. The van der Waals surface area contributed by atoms with Gasteiger partial charge in [0, 0.05) is 0 Å². The third-order valence-electron chi connectivity index (χ3n) is 4.57. The molecule has 0 N–H and O–H groups in total. The van der Waals surface area contributed by atoms with E-state index in [9.17, 15) is 14.4 Å². The van der Waals surface area contributed by atoms with Crippen molar-refractivity contribution in [1.29, 1.82) is 0 Å². The normalized spacial score (nSPS) is 16.5. The van der Waals surface area contributed by atoms with Crippen molar-refractivity contribution in [3.63, 3.8) is 0 Å². The molecular weight excluding hydrogens is 394 g/mol. The van der Waals surface area contributed by atoms with Crippen molar-refractivity contribution in [3.05, 3.63) is 92.9 Å². The van der Waals surface area contributed by atoms with E-state index < -0.39 is 0 Å². The van der Waals surface area contributed by atoms with Crippen LogP contribution < -0.4 is 0 Å². The van der Waals surface area contributed by atoms with Gasteiger partial charge in [-0.05, 0) is 72.5 Å². The minimum atomic E-state index is -0.260. The summed E-state index contributed by atoms with van der Waals surface area (Å²) in [4.78, 5) is 37.5. The second-order valence-corrected chi connectivity index (χ2v) is 8.31. The Bertz CT molecular complexity index is 1080. The Morgan fingerprint density at radius 2 is 1.60 bits per heavy atom. The van der Waals surface area contributed by atoms with E-state index >= 15 is 0 Å². The van der Waals surface area contributed by atoms with Crippen molar-refractivity contribution in [2.24, 2.45) is 0 Å². The average molecular weight is 418 g/mol. The van der Waals surface area contributed by atoms with Crippen molar-refractivity contribution >= 4 is 41.3 Å². The Kier molecular flexibility index (Phi) is 6.85. The molecule has 1 aliphatic heterocycles. The van der Waals surface area contributed by atoms with Gasteiger partial charge in [-0.1, -0.05) is 60.2 Å². The summed E-state index contributed by atoms with van der Waals surface area (Å²) in [6.45, 7) is 5.93. The molecule has 0 spiro atoms. The standard InChI is InChI=1S/C25H23NO3S/c1-17-5-4-6-22(11-17)15-26-24(28)23(30-25(26)29)14-18(2)12-20-7-9-21(10-8-20)13-19(3)16-27/h4-14,16H,15H2,1-3H3/b18-12+,19-13+,23-14-. The van der Waals surface area contributed by atoms with Crippen LogP contribution in [-0.2, 0) is 16.1 Å². The topological polar surface area (TPSA) is 54.5 Å². The maximum atomic E-state index is 12.7. The van der Waals surface area contributed by atoms with Crippen molar-refractivity contribution in [1.82, 2.24) is 4.90 Å². The number of benzene rings is 2. The highest BCUT2D eigenvalue weighted by Gasteiger charge is 2.34.